The summed E-state index contributed by atoms with van der Waals surface area (Å²) in [4.78, 5) is 14.6. The quantitative estimate of drug-likeness (QED) is 0.867. The van der Waals surface area contributed by atoms with Gasteiger partial charge in [-0.25, -0.2) is 8.42 Å². The highest BCUT2D eigenvalue weighted by Crippen LogP contribution is 2.19. The van der Waals surface area contributed by atoms with Crippen molar-refractivity contribution in [3.8, 4) is 0 Å². The lowest BCUT2D eigenvalue weighted by atomic mass is 10.2. The highest BCUT2D eigenvalue weighted by Gasteiger charge is 2.25. The minimum Gasteiger partial charge on any atom is -0.337 e. The molecule has 1 heterocycles. The SMILES string of the molecule is CC(C)N(C)S(=O)(=O)c1cccc(C(=O)N2CCCNCC2)c1.Cl. The average molecular weight is 376 g/mol. The molecule has 0 atom stereocenters. The van der Waals surface area contributed by atoms with Gasteiger partial charge in [-0.2, -0.15) is 4.31 Å². The zero-order valence-corrected chi connectivity index (χ0v) is 16.0. The van der Waals surface area contributed by atoms with Crippen molar-refractivity contribution in [3.05, 3.63) is 29.8 Å². The Bertz CT molecular complexity index is 656. The number of benzene rings is 1. The van der Waals surface area contributed by atoms with Gasteiger partial charge in [0.25, 0.3) is 5.91 Å². The van der Waals surface area contributed by atoms with Crippen LogP contribution in [0.4, 0.5) is 0 Å². The van der Waals surface area contributed by atoms with Crippen molar-refractivity contribution in [1.82, 2.24) is 14.5 Å². The number of nitrogens with one attached hydrogen (secondary N) is 1. The predicted octanol–water partition coefficient (Wildman–Crippen LogP) is 1.57. The Morgan fingerprint density at radius 3 is 2.62 bits per heavy atom. The van der Waals surface area contributed by atoms with Crippen LogP contribution in [0.1, 0.15) is 30.6 Å². The maximum absolute atomic E-state index is 12.6. The van der Waals surface area contributed by atoms with Gasteiger partial charge in [0, 0.05) is 38.3 Å². The fourth-order valence-corrected chi connectivity index (χ4v) is 3.88. The van der Waals surface area contributed by atoms with E-state index in [1.165, 1.54) is 16.4 Å². The van der Waals surface area contributed by atoms with Crippen LogP contribution in [-0.4, -0.2) is 62.8 Å². The molecule has 24 heavy (non-hydrogen) atoms. The predicted molar refractivity (Wildman–Crippen MR) is 97.2 cm³/mol. The van der Waals surface area contributed by atoms with Crippen molar-refractivity contribution >= 4 is 28.3 Å². The fourth-order valence-electron chi connectivity index (χ4n) is 2.46. The van der Waals surface area contributed by atoms with Gasteiger partial charge < -0.3 is 10.2 Å². The third-order valence-corrected chi connectivity index (χ3v) is 6.14. The van der Waals surface area contributed by atoms with E-state index in [1.807, 2.05) is 13.8 Å². The van der Waals surface area contributed by atoms with Gasteiger partial charge in [-0.15, -0.1) is 12.4 Å². The minimum atomic E-state index is -3.58. The first-order valence-electron chi connectivity index (χ1n) is 7.92. The molecule has 0 aliphatic carbocycles. The molecule has 6 nitrogen and oxygen atoms in total. The number of hydrogen-bond donors (Lipinski definition) is 1. The van der Waals surface area contributed by atoms with E-state index in [9.17, 15) is 13.2 Å². The summed E-state index contributed by atoms with van der Waals surface area (Å²) in [5.74, 6) is -0.113. The first kappa shape index (κ1) is 20.9. The monoisotopic (exact) mass is 375 g/mol. The first-order valence-corrected chi connectivity index (χ1v) is 9.36. The molecule has 8 heteroatoms. The highest BCUT2D eigenvalue weighted by atomic mass is 35.5. The molecule has 1 amide bonds. The van der Waals surface area contributed by atoms with E-state index < -0.39 is 10.0 Å². The first-order chi connectivity index (χ1) is 10.8. The Morgan fingerprint density at radius 2 is 1.96 bits per heavy atom. The molecule has 1 saturated heterocycles. The molecule has 1 fully saturated rings. The topological polar surface area (TPSA) is 69.7 Å². The van der Waals surface area contributed by atoms with Gasteiger partial charge >= 0.3 is 0 Å². The van der Waals surface area contributed by atoms with Crippen LogP contribution in [0.2, 0.25) is 0 Å². The summed E-state index contributed by atoms with van der Waals surface area (Å²) < 4.78 is 26.5. The van der Waals surface area contributed by atoms with Crippen LogP contribution in [0.3, 0.4) is 0 Å². The van der Waals surface area contributed by atoms with Gasteiger partial charge in [0.05, 0.1) is 4.90 Å². The van der Waals surface area contributed by atoms with Crippen LogP contribution in [-0.2, 0) is 10.0 Å². The number of carbonyl (C=O) groups is 1. The van der Waals surface area contributed by atoms with Gasteiger partial charge in [0.2, 0.25) is 10.0 Å². The molecular weight excluding hydrogens is 350 g/mol. The summed E-state index contributed by atoms with van der Waals surface area (Å²) in [6.07, 6.45) is 0.903. The Balaban J connectivity index is 0.00000288. The minimum absolute atomic E-state index is 0. The Labute approximate surface area is 150 Å². The third kappa shape index (κ3) is 4.69. The lowest BCUT2D eigenvalue weighted by Crippen LogP contribution is -2.35. The van der Waals surface area contributed by atoms with Crippen molar-refractivity contribution in [2.45, 2.75) is 31.2 Å². The number of hydrogen-bond acceptors (Lipinski definition) is 4. The van der Waals surface area contributed by atoms with Crippen molar-refractivity contribution < 1.29 is 13.2 Å². The van der Waals surface area contributed by atoms with E-state index >= 15 is 0 Å². The Hall–Kier alpha value is -1.15. The highest BCUT2D eigenvalue weighted by molar-refractivity contribution is 7.89. The van der Waals surface area contributed by atoms with Gasteiger partial charge in [0.15, 0.2) is 0 Å². The number of carbonyl (C=O) groups excluding carboxylic acids is 1. The van der Waals surface area contributed by atoms with Crippen LogP contribution in [0.5, 0.6) is 0 Å². The average Bonchev–Trinajstić information content (AvgIpc) is 2.82. The largest absolute Gasteiger partial charge is 0.337 e. The van der Waals surface area contributed by atoms with Gasteiger partial charge in [0.1, 0.15) is 0 Å². The van der Waals surface area contributed by atoms with E-state index in [2.05, 4.69) is 5.32 Å². The molecule has 1 aromatic rings. The molecule has 1 aliphatic rings. The second-order valence-electron chi connectivity index (χ2n) is 6.04. The smallest absolute Gasteiger partial charge is 0.253 e. The molecule has 0 saturated carbocycles. The van der Waals surface area contributed by atoms with Crippen molar-refractivity contribution in [3.63, 3.8) is 0 Å². The zero-order valence-electron chi connectivity index (χ0n) is 14.4. The Kier molecular flexibility index (Phi) is 7.66. The summed E-state index contributed by atoms with van der Waals surface area (Å²) in [6.45, 7) is 6.63. The molecule has 0 radical (unpaired) electrons. The van der Waals surface area contributed by atoms with Crippen LogP contribution in [0.15, 0.2) is 29.2 Å². The van der Waals surface area contributed by atoms with E-state index in [0.717, 1.165) is 19.5 Å². The van der Waals surface area contributed by atoms with Crippen molar-refractivity contribution in [2.24, 2.45) is 0 Å². The molecule has 0 spiro atoms. The fraction of sp³-hybridized carbons (Fsp3) is 0.562. The number of halogens is 1. The third-order valence-electron chi connectivity index (χ3n) is 4.11. The summed E-state index contributed by atoms with van der Waals surface area (Å²) in [5.41, 5.74) is 0.421. The number of sulfonamides is 1. The lowest BCUT2D eigenvalue weighted by Gasteiger charge is -2.22. The van der Waals surface area contributed by atoms with Gasteiger partial charge in [-0.1, -0.05) is 6.07 Å². The molecule has 1 N–H and O–H groups in total. The van der Waals surface area contributed by atoms with E-state index in [-0.39, 0.29) is 29.3 Å². The van der Waals surface area contributed by atoms with E-state index in [0.29, 0.717) is 18.7 Å². The molecule has 0 aromatic heterocycles. The number of rotatable bonds is 4. The molecule has 1 aromatic carbocycles. The summed E-state index contributed by atoms with van der Waals surface area (Å²) >= 11 is 0. The van der Waals surface area contributed by atoms with Crippen LogP contribution in [0.25, 0.3) is 0 Å². The second-order valence-corrected chi connectivity index (χ2v) is 8.04. The lowest BCUT2D eigenvalue weighted by molar-refractivity contribution is 0.0766. The molecule has 136 valence electrons. The standard InChI is InChI=1S/C16H25N3O3S.ClH/c1-13(2)18(3)23(21,22)15-7-4-6-14(12-15)16(20)19-10-5-8-17-9-11-19;/h4,6-7,12-13,17H,5,8-11H2,1-3H3;1H. The normalized spacial score (nSPS) is 16.0. The van der Waals surface area contributed by atoms with E-state index in [1.54, 1.807) is 24.1 Å². The second kappa shape index (κ2) is 8.80. The number of amides is 1. The van der Waals surface area contributed by atoms with Crippen LogP contribution >= 0.6 is 12.4 Å². The number of nitrogens with zero attached hydrogens (tertiary/aromatic N) is 2. The van der Waals surface area contributed by atoms with Crippen molar-refractivity contribution in [2.75, 3.05) is 33.2 Å². The van der Waals surface area contributed by atoms with Crippen LogP contribution < -0.4 is 5.32 Å². The van der Waals surface area contributed by atoms with Crippen LogP contribution in [0, 0.1) is 0 Å². The summed E-state index contributed by atoms with van der Waals surface area (Å²) in [5, 5.41) is 3.25. The maximum atomic E-state index is 12.6. The summed E-state index contributed by atoms with van der Waals surface area (Å²) in [7, 11) is -2.03. The molecule has 0 bridgehead atoms. The van der Waals surface area contributed by atoms with Gasteiger partial charge in [-0.3, -0.25) is 4.79 Å². The van der Waals surface area contributed by atoms with Gasteiger partial charge in [-0.05, 0) is 45.0 Å². The molecule has 2 rings (SSSR count). The molecule has 1 aliphatic heterocycles. The summed E-state index contributed by atoms with van der Waals surface area (Å²) in [6, 6.07) is 6.18. The molecule has 0 unspecified atom stereocenters. The molecular formula is C16H26ClN3O3S. The van der Waals surface area contributed by atoms with E-state index in [4.69, 9.17) is 0 Å². The van der Waals surface area contributed by atoms with Crippen molar-refractivity contribution in [1.29, 1.82) is 0 Å². The maximum Gasteiger partial charge on any atom is 0.253 e. The zero-order chi connectivity index (χ0) is 17.0. The Morgan fingerprint density at radius 1 is 1.25 bits per heavy atom.